The first-order chi connectivity index (χ1) is 3.70. The average Bonchev–Trinajstić information content (AvgIpc) is 1.85. The number of hydrogen-bond donors (Lipinski definition) is 4. The topological polar surface area (TPSA) is 64.5 Å². The van der Waals surface area contributed by atoms with Crippen LogP contribution in [0.15, 0.2) is 0 Å². The Balaban J connectivity index is 2.51. The minimum absolute atomic E-state index is 0.282. The molecule has 5 heteroatoms. The minimum Gasteiger partial charge on any atom is -0.369 e. The largest absolute Gasteiger partial charge is 0.369 e. The molecule has 0 saturated carbocycles. The molecule has 0 spiro atoms. The molecule has 4 N–H and O–H groups in total. The van der Waals surface area contributed by atoms with E-state index in [2.05, 4.69) is 22.9 Å². The molecule has 0 bridgehead atoms. The number of aliphatic hydroxyl groups excluding tert-OH is 2. The van der Waals surface area contributed by atoms with Gasteiger partial charge in [0.25, 0.3) is 0 Å². The number of aliphatic hydroxyl groups is 2. The molecule has 4 nitrogen and oxygen atoms in total. The maximum absolute atomic E-state index is 8.66. The SMILES string of the molecule is O[C@@H]1NC(=S)N[C@H]1O. The van der Waals surface area contributed by atoms with Crippen molar-refractivity contribution in [1.82, 2.24) is 10.6 Å². The Labute approximate surface area is 51.5 Å². The van der Waals surface area contributed by atoms with Crippen molar-refractivity contribution in [2.75, 3.05) is 0 Å². The van der Waals surface area contributed by atoms with Crippen molar-refractivity contribution < 1.29 is 10.2 Å². The fourth-order valence-electron chi connectivity index (χ4n) is 0.468. The van der Waals surface area contributed by atoms with Gasteiger partial charge in [0.2, 0.25) is 0 Å². The quantitative estimate of drug-likeness (QED) is 0.291. The molecule has 46 valence electrons. The summed E-state index contributed by atoms with van der Waals surface area (Å²) in [5.74, 6) is 0. The Kier molecular flexibility index (Phi) is 1.33. The molecule has 1 heterocycles. The van der Waals surface area contributed by atoms with Gasteiger partial charge in [0.15, 0.2) is 17.6 Å². The van der Waals surface area contributed by atoms with Crippen LogP contribution in [0.1, 0.15) is 0 Å². The molecule has 0 radical (unpaired) electrons. The van der Waals surface area contributed by atoms with E-state index in [4.69, 9.17) is 10.2 Å². The van der Waals surface area contributed by atoms with Crippen molar-refractivity contribution in [1.29, 1.82) is 0 Å². The highest BCUT2D eigenvalue weighted by atomic mass is 32.1. The van der Waals surface area contributed by atoms with Crippen LogP contribution in [-0.2, 0) is 0 Å². The van der Waals surface area contributed by atoms with E-state index >= 15 is 0 Å². The summed E-state index contributed by atoms with van der Waals surface area (Å²) in [4.78, 5) is 0. The first-order valence-electron chi connectivity index (χ1n) is 2.13. The molecule has 1 aliphatic heterocycles. The van der Waals surface area contributed by atoms with Crippen molar-refractivity contribution in [3.8, 4) is 0 Å². The highest BCUT2D eigenvalue weighted by Crippen LogP contribution is 1.92. The Hall–Kier alpha value is -0.390. The van der Waals surface area contributed by atoms with Gasteiger partial charge in [-0.3, -0.25) is 0 Å². The zero-order valence-corrected chi connectivity index (χ0v) is 4.77. The summed E-state index contributed by atoms with van der Waals surface area (Å²) in [5.41, 5.74) is 0. The van der Waals surface area contributed by atoms with E-state index in [0.29, 0.717) is 0 Å². The summed E-state index contributed by atoms with van der Waals surface area (Å²) in [7, 11) is 0. The molecule has 0 aliphatic carbocycles. The molecule has 1 rings (SSSR count). The lowest BCUT2D eigenvalue weighted by molar-refractivity contribution is 0.0215. The minimum atomic E-state index is -0.956. The number of hydrogen-bond acceptors (Lipinski definition) is 3. The van der Waals surface area contributed by atoms with E-state index in [9.17, 15) is 0 Å². The van der Waals surface area contributed by atoms with Crippen molar-refractivity contribution in [2.24, 2.45) is 0 Å². The second-order valence-corrected chi connectivity index (χ2v) is 1.92. The smallest absolute Gasteiger partial charge is 0.171 e. The van der Waals surface area contributed by atoms with Crippen LogP contribution in [0, 0.1) is 0 Å². The Morgan fingerprint density at radius 1 is 1.25 bits per heavy atom. The van der Waals surface area contributed by atoms with Crippen LogP contribution < -0.4 is 10.6 Å². The Morgan fingerprint density at radius 2 is 1.62 bits per heavy atom. The average molecular weight is 134 g/mol. The molecule has 2 atom stereocenters. The maximum atomic E-state index is 8.66. The van der Waals surface area contributed by atoms with Gasteiger partial charge in [0, 0.05) is 0 Å². The lowest BCUT2D eigenvalue weighted by Crippen LogP contribution is -2.32. The maximum Gasteiger partial charge on any atom is 0.171 e. The van der Waals surface area contributed by atoms with Crippen LogP contribution in [0.2, 0.25) is 0 Å². The zero-order chi connectivity index (χ0) is 6.15. The summed E-state index contributed by atoms with van der Waals surface area (Å²) in [6.45, 7) is 0. The number of rotatable bonds is 0. The Morgan fingerprint density at radius 3 is 1.75 bits per heavy atom. The van der Waals surface area contributed by atoms with Gasteiger partial charge in [-0.2, -0.15) is 0 Å². The van der Waals surface area contributed by atoms with Gasteiger partial charge in [0.1, 0.15) is 0 Å². The van der Waals surface area contributed by atoms with E-state index in [1.54, 1.807) is 0 Å². The predicted molar refractivity (Wildman–Crippen MR) is 30.9 cm³/mol. The van der Waals surface area contributed by atoms with Gasteiger partial charge in [-0.1, -0.05) is 0 Å². The molecule has 1 aliphatic rings. The molecule has 0 aromatic carbocycles. The molecule has 1 fully saturated rings. The van der Waals surface area contributed by atoms with Crippen molar-refractivity contribution in [3.63, 3.8) is 0 Å². The standard InChI is InChI=1S/C3H6N2O2S/c6-1-2(7)5-3(8)4-1/h1-2,6-7H,(H2,4,5,8)/t1-,2-/m0/s1. The molecule has 8 heavy (non-hydrogen) atoms. The second kappa shape index (κ2) is 1.85. The summed E-state index contributed by atoms with van der Waals surface area (Å²) < 4.78 is 0. The van der Waals surface area contributed by atoms with Crippen LogP contribution in [-0.4, -0.2) is 27.8 Å². The molecule has 0 aromatic rings. The lowest BCUT2D eigenvalue weighted by Gasteiger charge is -2.02. The number of thiocarbonyl (C=S) groups is 1. The van der Waals surface area contributed by atoms with E-state index in [0.717, 1.165) is 0 Å². The van der Waals surface area contributed by atoms with E-state index < -0.39 is 12.5 Å². The van der Waals surface area contributed by atoms with Crippen molar-refractivity contribution in [2.45, 2.75) is 12.5 Å². The van der Waals surface area contributed by atoms with Crippen LogP contribution in [0.25, 0.3) is 0 Å². The van der Waals surface area contributed by atoms with E-state index in [1.165, 1.54) is 0 Å². The van der Waals surface area contributed by atoms with Gasteiger partial charge in [-0.25, -0.2) is 0 Å². The van der Waals surface area contributed by atoms with Crippen molar-refractivity contribution >= 4 is 17.3 Å². The van der Waals surface area contributed by atoms with Gasteiger partial charge >= 0.3 is 0 Å². The first kappa shape index (κ1) is 5.74. The van der Waals surface area contributed by atoms with Gasteiger partial charge in [-0.05, 0) is 12.2 Å². The van der Waals surface area contributed by atoms with Gasteiger partial charge in [-0.15, -0.1) is 0 Å². The van der Waals surface area contributed by atoms with Crippen LogP contribution in [0.3, 0.4) is 0 Å². The molecule has 1 saturated heterocycles. The van der Waals surface area contributed by atoms with E-state index in [-0.39, 0.29) is 5.11 Å². The number of nitrogens with one attached hydrogen (secondary N) is 2. The molecule has 0 aromatic heterocycles. The molecular formula is C3H6N2O2S. The van der Waals surface area contributed by atoms with Crippen LogP contribution in [0.5, 0.6) is 0 Å². The third-order valence-electron chi connectivity index (χ3n) is 0.857. The van der Waals surface area contributed by atoms with Crippen LogP contribution in [0.4, 0.5) is 0 Å². The predicted octanol–water partition coefficient (Wildman–Crippen LogP) is -1.90. The lowest BCUT2D eigenvalue weighted by atomic mass is 10.5. The second-order valence-electron chi connectivity index (χ2n) is 1.51. The van der Waals surface area contributed by atoms with Gasteiger partial charge in [0.05, 0.1) is 0 Å². The normalized spacial score (nSPS) is 36.5. The first-order valence-corrected chi connectivity index (χ1v) is 2.54. The molecular weight excluding hydrogens is 128 g/mol. The summed E-state index contributed by atoms with van der Waals surface area (Å²) >= 11 is 4.53. The monoisotopic (exact) mass is 134 g/mol. The van der Waals surface area contributed by atoms with Gasteiger partial charge < -0.3 is 20.8 Å². The fourth-order valence-corrected chi connectivity index (χ4v) is 0.710. The fraction of sp³-hybridized carbons (Fsp3) is 0.667. The highest BCUT2D eigenvalue weighted by molar-refractivity contribution is 7.80. The molecule has 0 amide bonds. The third kappa shape index (κ3) is 0.885. The summed E-state index contributed by atoms with van der Waals surface area (Å²) in [5, 5.41) is 22.4. The highest BCUT2D eigenvalue weighted by Gasteiger charge is 2.24. The zero-order valence-electron chi connectivity index (χ0n) is 3.96. The molecule has 0 unspecified atom stereocenters. The van der Waals surface area contributed by atoms with Crippen LogP contribution >= 0.6 is 12.2 Å². The van der Waals surface area contributed by atoms with E-state index in [1.807, 2.05) is 0 Å². The third-order valence-corrected chi connectivity index (χ3v) is 1.09. The Bertz CT molecular complexity index is 106. The summed E-state index contributed by atoms with van der Waals surface area (Å²) in [6.07, 6.45) is -1.91. The van der Waals surface area contributed by atoms with Crippen molar-refractivity contribution in [3.05, 3.63) is 0 Å². The summed E-state index contributed by atoms with van der Waals surface area (Å²) in [6, 6.07) is 0.